The van der Waals surface area contributed by atoms with E-state index in [0.717, 1.165) is 5.56 Å². The van der Waals surface area contributed by atoms with Gasteiger partial charge in [-0.2, -0.15) is 4.31 Å². The number of hydrogen-bond donors (Lipinski definition) is 0. The van der Waals surface area contributed by atoms with Crippen molar-refractivity contribution in [1.82, 2.24) is 9.21 Å². The SMILES string of the molecule is Cc1ccc(S(=O)(=O)N(CC(=O)N(C(C)C)C(C)C)Cc2ccco2)cc1. The van der Waals surface area contributed by atoms with Crippen molar-refractivity contribution in [3.05, 3.63) is 54.0 Å². The van der Waals surface area contributed by atoms with Gasteiger partial charge in [0, 0.05) is 12.1 Å². The molecule has 7 heteroatoms. The standard InChI is InChI=1S/C20H28N2O4S/c1-15(2)22(16(3)4)20(23)14-21(13-18-7-6-12-26-18)27(24,25)19-10-8-17(5)9-11-19/h6-12,15-16H,13-14H2,1-5H3. The second kappa shape index (κ2) is 8.71. The van der Waals surface area contributed by atoms with Crippen LogP contribution in [0.15, 0.2) is 52.0 Å². The van der Waals surface area contributed by atoms with Crippen molar-refractivity contribution >= 4 is 15.9 Å². The Morgan fingerprint density at radius 1 is 1.04 bits per heavy atom. The molecule has 2 aromatic rings. The second-order valence-electron chi connectivity index (χ2n) is 7.15. The Bertz CT molecular complexity index is 833. The van der Waals surface area contributed by atoms with E-state index in [0.29, 0.717) is 5.76 Å². The first-order valence-corrected chi connectivity index (χ1v) is 10.5. The van der Waals surface area contributed by atoms with Gasteiger partial charge >= 0.3 is 0 Å². The molecule has 0 aliphatic carbocycles. The maximum absolute atomic E-state index is 13.2. The van der Waals surface area contributed by atoms with Crippen LogP contribution in [0, 0.1) is 6.92 Å². The van der Waals surface area contributed by atoms with Gasteiger partial charge in [-0.15, -0.1) is 0 Å². The molecule has 1 aromatic carbocycles. The molecule has 0 radical (unpaired) electrons. The minimum atomic E-state index is -3.85. The van der Waals surface area contributed by atoms with Gasteiger partial charge in [-0.05, 0) is 58.9 Å². The van der Waals surface area contributed by atoms with Crippen molar-refractivity contribution in [2.24, 2.45) is 0 Å². The lowest BCUT2D eigenvalue weighted by atomic mass is 10.2. The van der Waals surface area contributed by atoms with Gasteiger partial charge in [0.25, 0.3) is 0 Å². The monoisotopic (exact) mass is 392 g/mol. The summed E-state index contributed by atoms with van der Waals surface area (Å²) in [6, 6.07) is 9.96. The molecule has 0 aliphatic rings. The van der Waals surface area contributed by atoms with Crippen molar-refractivity contribution in [3.8, 4) is 0 Å². The van der Waals surface area contributed by atoms with E-state index in [-0.39, 0.29) is 36.0 Å². The number of amides is 1. The Hall–Kier alpha value is -2.12. The molecular weight excluding hydrogens is 364 g/mol. The Labute approximate surface area is 161 Å². The molecule has 0 spiro atoms. The normalized spacial score (nSPS) is 12.1. The number of hydrogen-bond acceptors (Lipinski definition) is 4. The molecular formula is C20H28N2O4S. The Morgan fingerprint density at radius 3 is 2.11 bits per heavy atom. The maximum Gasteiger partial charge on any atom is 0.243 e. The molecule has 0 saturated heterocycles. The van der Waals surface area contributed by atoms with E-state index >= 15 is 0 Å². The predicted octanol–water partition coefficient (Wildman–Crippen LogP) is 3.42. The lowest BCUT2D eigenvalue weighted by Crippen LogP contribution is -2.48. The smallest absolute Gasteiger partial charge is 0.243 e. The molecule has 1 aromatic heterocycles. The highest BCUT2D eigenvalue weighted by Gasteiger charge is 2.30. The number of rotatable bonds is 8. The second-order valence-corrected chi connectivity index (χ2v) is 9.09. The first-order valence-electron chi connectivity index (χ1n) is 9.03. The predicted molar refractivity (Wildman–Crippen MR) is 105 cm³/mol. The molecule has 148 valence electrons. The molecule has 0 fully saturated rings. The first-order chi connectivity index (χ1) is 12.6. The highest BCUT2D eigenvalue weighted by Crippen LogP contribution is 2.20. The summed E-state index contributed by atoms with van der Waals surface area (Å²) in [5.41, 5.74) is 0.966. The molecule has 0 atom stereocenters. The van der Waals surface area contributed by atoms with Crippen molar-refractivity contribution in [2.75, 3.05) is 6.54 Å². The van der Waals surface area contributed by atoms with E-state index in [1.807, 2.05) is 34.6 Å². The average Bonchev–Trinajstić information content (AvgIpc) is 3.07. The first kappa shape index (κ1) is 21.2. The van der Waals surface area contributed by atoms with E-state index in [1.54, 1.807) is 41.3 Å². The maximum atomic E-state index is 13.2. The van der Waals surface area contributed by atoms with Crippen molar-refractivity contribution < 1.29 is 17.6 Å². The van der Waals surface area contributed by atoms with Crippen LogP contribution < -0.4 is 0 Å². The van der Waals surface area contributed by atoms with Gasteiger partial charge in [0.2, 0.25) is 15.9 Å². The van der Waals surface area contributed by atoms with Gasteiger partial charge in [-0.1, -0.05) is 17.7 Å². The third-order valence-electron chi connectivity index (χ3n) is 4.28. The minimum absolute atomic E-state index is 0.00101. The molecule has 1 amide bonds. The Morgan fingerprint density at radius 2 is 1.63 bits per heavy atom. The van der Waals surface area contributed by atoms with Crippen LogP contribution in [0.4, 0.5) is 0 Å². The van der Waals surface area contributed by atoms with Crippen molar-refractivity contribution in [2.45, 2.75) is 58.1 Å². The van der Waals surface area contributed by atoms with Gasteiger partial charge in [0.1, 0.15) is 5.76 Å². The van der Waals surface area contributed by atoms with Gasteiger partial charge in [-0.3, -0.25) is 4.79 Å². The van der Waals surface area contributed by atoms with Crippen LogP contribution in [0.5, 0.6) is 0 Å². The van der Waals surface area contributed by atoms with Gasteiger partial charge in [0.15, 0.2) is 0 Å². The molecule has 1 heterocycles. The quantitative estimate of drug-likeness (QED) is 0.690. The summed E-state index contributed by atoms with van der Waals surface area (Å²) in [4.78, 5) is 14.7. The summed E-state index contributed by atoms with van der Waals surface area (Å²) in [6.07, 6.45) is 1.49. The number of nitrogens with zero attached hydrogens (tertiary/aromatic N) is 2. The summed E-state index contributed by atoms with van der Waals surface area (Å²) in [7, 11) is -3.85. The van der Waals surface area contributed by atoms with Gasteiger partial charge < -0.3 is 9.32 Å². The zero-order valence-electron chi connectivity index (χ0n) is 16.5. The fourth-order valence-electron chi connectivity index (χ4n) is 3.07. The fourth-order valence-corrected chi connectivity index (χ4v) is 4.42. The van der Waals surface area contributed by atoms with Crippen LogP contribution in [0.3, 0.4) is 0 Å². The van der Waals surface area contributed by atoms with Crippen molar-refractivity contribution in [1.29, 1.82) is 0 Å². The lowest BCUT2D eigenvalue weighted by molar-refractivity contribution is -0.135. The summed E-state index contributed by atoms with van der Waals surface area (Å²) < 4.78 is 32.9. The zero-order valence-corrected chi connectivity index (χ0v) is 17.4. The number of sulfonamides is 1. The third kappa shape index (κ3) is 5.20. The minimum Gasteiger partial charge on any atom is -0.468 e. The van der Waals surface area contributed by atoms with Gasteiger partial charge in [0.05, 0.1) is 24.2 Å². The Kier molecular flexibility index (Phi) is 6.84. The molecule has 2 rings (SSSR count). The number of carbonyl (C=O) groups is 1. The van der Waals surface area contributed by atoms with E-state index in [9.17, 15) is 13.2 Å². The fraction of sp³-hybridized carbons (Fsp3) is 0.450. The average molecular weight is 393 g/mol. The Balaban J connectivity index is 2.36. The van der Waals surface area contributed by atoms with Crippen LogP contribution in [0.25, 0.3) is 0 Å². The number of furan rings is 1. The molecule has 0 unspecified atom stereocenters. The summed E-state index contributed by atoms with van der Waals surface area (Å²) in [5, 5.41) is 0. The lowest BCUT2D eigenvalue weighted by Gasteiger charge is -2.32. The molecule has 6 nitrogen and oxygen atoms in total. The van der Waals surface area contributed by atoms with Crippen LogP contribution in [0.1, 0.15) is 39.0 Å². The number of carbonyl (C=O) groups excluding carboxylic acids is 1. The van der Waals surface area contributed by atoms with Crippen LogP contribution in [-0.4, -0.2) is 42.2 Å². The highest BCUT2D eigenvalue weighted by molar-refractivity contribution is 7.89. The van der Waals surface area contributed by atoms with Crippen LogP contribution in [0.2, 0.25) is 0 Å². The van der Waals surface area contributed by atoms with Crippen LogP contribution in [-0.2, 0) is 21.4 Å². The zero-order chi connectivity index (χ0) is 20.2. The molecule has 0 aliphatic heterocycles. The topological polar surface area (TPSA) is 70.8 Å². The summed E-state index contributed by atoms with van der Waals surface area (Å²) in [5.74, 6) is 0.251. The summed E-state index contributed by atoms with van der Waals surface area (Å²) in [6.45, 7) is 9.33. The van der Waals surface area contributed by atoms with E-state index in [1.165, 1.54) is 10.6 Å². The van der Waals surface area contributed by atoms with Gasteiger partial charge in [-0.25, -0.2) is 8.42 Å². The van der Waals surface area contributed by atoms with E-state index in [2.05, 4.69) is 0 Å². The molecule has 0 N–H and O–H groups in total. The molecule has 0 saturated carbocycles. The van der Waals surface area contributed by atoms with Crippen molar-refractivity contribution in [3.63, 3.8) is 0 Å². The number of aryl methyl sites for hydroxylation is 1. The molecule has 27 heavy (non-hydrogen) atoms. The largest absolute Gasteiger partial charge is 0.468 e. The highest BCUT2D eigenvalue weighted by atomic mass is 32.2. The van der Waals surface area contributed by atoms with E-state index in [4.69, 9.17) is 4.42 Å². The summed E-state index contributed by atoms with van der Waals surface area (Å²) >= 11 is 0. The molecule has 0 bridgehead atoms. The number of benzene rings is 1. The third-order valence-corrected chi connectivity index (χ3v) is 6.09. The van der Waals surface area contributed by atoms with Crippen LogP contribution >= 0.6 is 0 Å². The van der Waals surface area contributed by atoms with E-state index < -0.39 is 10.0 Å².